The fourth-order valence-electron chi connectivity index (χ4n) is 2.99. The SMILES string of the molecule is CCCCC(CCC)Oc1ccc(C(=N)c2cc(NC=O)ccc2N)cc1. The average Bonchev–Trinajstić information content (AvgIpc) is 2.68. The van der Waals surface area contributed by atoms with Crippen molar-refractivity contribution in [3.05, 3.63) is 53.6 Å². The predicted molar refractivity (Wildman–Crippen MR) is 112 cm³/mol. The zero-order valence-electron chi connectivity index (χ0n) is 16.1. The molecular weight excluding hydrogens is 338 g/mol. The fourth-order valence-corrected chi connectivity index (χ4v) is 2.99. The summed E-state index contributed by atoms with van der Waals surface area (Å²) in [6.45, 7) is 4.36. The lowest BCUT2D eigenvalue weighted by Crippen LogP contribution is -2.16. The number of nitrogens with one attached hydrogen (secondary N) is 2. The summed E-state index contributed by atoms with van der Waals surface area (Å²) in [5.41, 5.74) is 8.77. The standard InChI is InChI=1S/C22H29N3O2/c1-3-5-7-18(6-4-2)27-19-11-8-16(9-12-19)22(24)20-14-17(25-15-26)10-13-21(20)23/h8-15,18,24H,3-7,23H2,1-2H3,(H,25,26). The summed E-state index contributed by atoms with van der Waals surface area (Å²) in [6.07, 6.45) is 6.39. The minimum Gasteiger partial charge on any atom is -0.490 e. The van der Waals surface area contributed by atoms with Crippen LogP contribution in [0.3, 0.4) is 0 Å². The minimum absolute atomic E-state index is 0.238. The summed E-state index contributed by atoms with van der Waals surface area (Å²) >= 11 is 0. The molecule has 4 N–H and O–H groups in total. The normalized spacial score (nSPS) is 11.6. The van der Waals surface area contributed by atoms with E-state index in [-0.39, 0.29) is 6.10 Å². The summed E-state index contributed by atoms with van der Waals surface area (Å²) in [5.74, 6) is 0.824. The van der Waals surface area contributed by atoms with E-state index >= 15 is 0 Å². The number of amides is 1. The number of ether oxygens (including phenoxy) is 1. The Morgan fingerprint density at radius 1 is 1.15 bits per heavy atom. The molecule has 1 amide bonds. The van der Waals surface area contributed by atoms with E-state index in [2.05, 4.69) is 19.2 Å². The Labute approximate surface area is 161 Å². The van der Waals surface area contributed by atoms with E-state index in [0.717, 1.165) is 37.0 Å². The van der Waals surface area contributed by atoms with Crippen molar-refractivity contribution >= 4 is 23.5 Å². The maximum absolute atomic E-state index is 10.6. The number of rotatable bonds is 11. The van der Waals surface area contributed by atoms with Gasteiger partial charge in [0.1, 0.15) is 5.75 Å². The van der Waals surface area contributed by atoms with Gasteiger partial charge in [-0.25, -0.2) is 0 Å². The van der Waals surface area contributed by atoms with Crippen molar-refractivity contribution in [3.8, 4) is 5.75 Å². The molecule has 5 nitrogen and oxygen atoms in total. The Kier molecular flexibility index (Phi) is 7.86. The number of carbonyl (C=O) groups excluding carboxylic acids is 1. The van der Waals surface area contributed by atoms with Crippen molar-refractivity contribution < 1.29 is 9.53 Å². The molecule has 0 aliphatic heterocycles. The molecule has 0 aliphatic carbocycles. The molecule has 27 heavy (non-hydrogen) atoms. The molecule has 0 spiro atoms. The van der Waals surface area contributed by atoms with Crippen molar-refractivity contribution in [3.63, 3.8) is 0 Å². The Bertz CT molecular complexity index is 757. The van der Waals surface area contributed by atoms with Crippen LogP contribution in [0.5, 0.6) is 5.75 Å². The molecule has 1 atom stereocenters. The zero-order chi connectivity index (χ0) is 19.6. The molecular formula is C22H29N3O2. The van der Waals surface area contributed by atoms with E-state index in [4.69, 9.17) is 15.9 Å². The van der Waals surface area contributed by atoms with Crippen LogP contribution in [0.15, 0.2) is 42.5 Å². The first kappa shape index (κ1) is 20.5. The summed E-state index contributed by atoms with van der Waals surface area (Å²) in [7, 11) is 0. The van der Waals surface area contributed by atoms with Gasteiger partial charge >= 0.3 is 0 Å². The maximum Gasteiger partial charge on any atom is 0.211 e. The van der Waals surface area contributed by atoms with Gasteiger partial charge < -0.3 is 15.8 Å². The van der Waals surface area contributed by atoms with Crippen molar-refractivity contribution in [1.29, 1.82) is 5.41 Å². The lowest BCUT2D eigenvalue weighted by Gasteiger charge is -2.19. The number of nitrogens with two attached hydrogens (primary N) is 1. The van der Waals surface area contributed by atoms with E-state index in [1.54, 1.807) is 18.2 Å². The van der Waals surface area contributed by atoms with Gasteiger partial charge in [0, 0.05) is 22.5 Å². The summed E-state index contributed by atoms with van der Waals surface area (Å²) < 4.78 is 6.13. The van der Waals surface area contributed by atoms with Gasteiger partial charge in [-0.05, 0) is 55.3 Å². The molecule has 1 unspecified atom stereocenters. The van der Waals surface area contributed by atoms with Crippen molar-refractivity contribution in [2.75, 3.05) is 11.1 Å². The molecule has 0 aromatic heterocycles. The molecule has 0 fully saturated rings. The predicted octanol–water partition coefficient (Wildman–Crippen LogP) is 4.99. The van der Waals surface area contributed by atoms with Gasteiger partial charge in [-0.15, -0.1) is 0 Å². The third-order valence-corrected chi connectivity index (χ3v) is 4.48. The van der Waals surface area contributed by atoms with Gasteiger partial charge in [0.05, 0.1) is 11.8 Å². The molecule has 2 aromatic rings. The van der Waals surface area contributed by atoms with Gasteiger partial charge in [-0.2, -0.15) is 0 Å². The smallest absolute Gasteiger partial charge is 0.211 e. The van der Waals surface area contributed by atoms with E-state index in [1.807, 2.05) is 24.3 Å². The Morgan fingerprint density at radius 2 is 1.89 bits per heavy atom. The van der Waals surface area contributed by atoms with E-state index in [9.17, 15) is 4.79 Å². The third-order valence-electron chi connectivity index (χ3n) is 4.48. The highest BCUT2D eigenvalue weighted by Gasteiger charge is 2.12. The number of hydrogen-bond donors (Lipinski definition) is 3. The molecule has 0 radical (unpaired) electrons. The zero-order valence-corrected chi connectivity index (χ0v) is 16.1. The Hall–Kier alpha value is -2.82. The topological polar surface area (TPSA) is 88.2 Å². The van der Waals surface area contributed by atoms with Gasteiger partial charge in [0.25, 0.3) is 0 Å². The monoisotopic (exact) mass is 367 g/mol. The first-order chi connectivity index (χ1) is 13.1. The Balaban J connectivity index is 2.13. The summed E-state index contributed by atoms with van der Waals surface area (Å²) in [4.78, 5) is 10.6. The van der Waals surface area contributed by atoms with Gasteiger partial charge in [-0.1, -0.05) is 33.1 Å². The molecule has 144 valence electrons. The first-order valence-electron chi connectivity index (χ1n) is 9.54. The highest BCUT2D eigenvalue weighted by atomic mass is 16.5. The Morgan fingerprint density at radius 3 is 2.52 bits per heavy atom. The molecule has 2 rings (SSSR count). The molecule has 0 aliphatic rings. The summed E-state index contributed by atoms with van der Waals surface area (Å²) in [6, 6.07) is 12.7. The van der Waals surface area contributed by atoms with Crippen molar-refractivity contribution in [1.82, 2.24) is 0 Å². The molecule has 0 saturated heterocycles. The third kappa shape index (κ3) is 5.84. The van der Waals surface area contributed by atoms with Crippen LogP contribution in [0.2, 0.25) is 0 Å². The van der Waals surface area contributed by atoms with Crippen LogP contribution in [-0.4, -0.2) is 18.2 Å². The van der Waals surface area contributed by atoms with Crippen LogP contribution in [0.1, 0.15) is 57.1 Å². The highest BCUT2D eigenvalue weighted by molar-refractivity contribution is 6.14. The second-order valence-electron chi connectivity index (χ2n) is 6.63. The second-order valence-corrected chi connectivity index (χ2v) is 6.63. The van der Waals surface area contributed by atoms with E-state index in [0.29, 0.717) is 29.1 Å². The number of anilines is 2. The number of carbonyl (C=O) groups is 1. The first-order valence-corrected chi connectivity index (χ1v) is 9.54. The maximum atomic E-state index is 10.6. The minimum atomic E-state index is 0.238. The largest absolute Gasteiger partial charge is 0.490 e. The van der Waals surface area contributed by atoms with Gasteiger partial charge in [0.15, 0.2) is 0 Å². The molecule has 0 saturated carbocycles. The van der Waals surface area contributed by atoms with Crippen LogP contribution >= 0.6 is 0 Å². The number of unbranched alkanes of at least 4 members (excludes halogenated alkanes) is 1. The number of nitrogen functional groups attached to an aromatic ring is 1. The van der Waals surface area contributed by atoms with Crippen LogP contribution in [-0.2, 0) is 4.79 Å². The molecule has 0 heterocycles. The molecule has 5 heteroatoms. The molecule has 0 bridgehead atoms. The van der Waals surface area contributed by atoms with Gasteiger partial charge in [-0.3, -0.25) is 10.2 Å². The lowest BCUT2D eigenvalue weighted by atomic mass is 10.00. The van der Waals surface area contributed by atoms with E-state index in [1.165, 1.54) is 6.42 Å². The van der Waals surface area contributed by atoms with Crippen LogP contribution in [0.4, 0.5) is 11.4 Å². The number of hydrogen-bond acceptors (Lipinski definition) is 4. The van der Waals surface area contributed by atoms with Crippen molar-refractivity contribution in [2.45, 2.75) is 52.1 Å². The van der Waals surface area contributed by atoms with Gasteiger partial charge in [0.2, 0.25) is 6.41 Å². The quantitative estimate of drug-likeness (QED) is 0.297. The average molecular weight is 367 g/mol. The van der Waals surface area contributed by atoms with Crippen LogP contribution < -0.4 is 15.8 Å². The second kappa shape index (κ2) is 10.4. The van der Waals surface area contributed by atoms with Crippen molar-refractivity contribution in [2.24, 2.45) is 0 Å². The van der Waals surface area contributed by atoms with Crippen LogP contribution in [0, 0.1) is 5.41 Å². The fraction of sp³-hybridized carbons (Fsp3) is 0.364. The van der Waals surface area contributed by atoms with E-state index < -0.39 is 0 Å². The summed E-state index contributed by atoms with van der Waals surface area (Å²) in [5, 5.41) is 11.1. The lowest BCUT2D eigenvalue weighted by molar-refractivity contribution is -0.105. The van der Waals surface area contributed by atoms with Crippen LogP contribution in [0.25, 0.3) is 0 Å². The molecule has 2 aromatic carbocycles. The highest BCUT2D eigenvalue weighted by Crippen LogP contribution is 2.23. The number of benzene rings is 2.